The van der Waals surface area contributed by atoms with Crippen LogP contribution >= 0.6 is 0 Å². The van der Waals surface area contributed by atoms with Crippen LogP contribution in [-0.4, -0.2) is 83.8 Å². The molecule has 0 radical (unpaired) electrons. The predicted molar refractivity (Wildman–Crippen MR) is 79.6 cm³/mol. The van der Waals surface area contributed by atoms with Crippen molar-refractivity contribution in [2.24, 2.45) is 4.99 Å². The minimum atomic E-state index is -0.760. The predicted octanol–water partition coefficient (Wildman–Crippen LogP) is -1.59. The molecule has 0 aliphatic carbocycles. The third-order valence-corrected chi connectivity index (χ3v) is 3.55. The topological polar surface area (TPSA) is 97.1 Å². The van der Waals surface area contributed by atoms with Crippen LogP contribution in [0.2, 0.25) is 0 Å². The van der Waals surface area contributed by atoms with E-state index in [9.17, 15) is 14.4 Å². The van der Waals surface area contributed by atoms with Gasteiger partial charge in [-0.05, 0) is 13.8 Å². The van der Waals surface area contributed by atoms with Gasteiger partial charge in [0.1, 0.15) is 6.54 Å². The van der Waals surface area contributed by atoms with Crippen LogP contribution < -0.4 is 10.6 Å². The summed E-state index contributed by atoms with van der Waals surface area (Å²) in [7, 11) is 2.99. The number of aliphatic imine (C=N–C) groups is 1. The van der Waals surface area contributed by atoms with Crippen LogP contribution in [0, 0.1) is 0 Å². The zero-order valence-electron chi connectivity index (χ0n) is 13.2. The van der Waals surface area contributed by atoms with Crippen LogP contribution in [0.4, 0.5) is 4.79 Å². The van der Waals surface area contributed by atoms with Crippen molar-refractivity contribution in [2.75, 3.05) is 33.7 Å². The Kier molecular flexibility index (Phi) is 4.43. The van der Waals surface area contributed by atoms with Crippen molar-refractivity contribution in [1.29, 1.82) is 0 Å². The normalized spacial score (nSPS) is 21.1. The summed E-state index contributed by atoms with van der Waals surface area (Å²) < 4.78 is 1.59. The van der Waals surface area contributed by atoms with Gasteiger partial charge in [0.05, 0.1) is 6.54 Å². The number of nitrogens with zero attached hydrogens (tertiary/aromatic N) is 4. The van der Waals surface area contributed by atoms with E-state index in [0.29, 0.717) is 24.9 Å². The lowest BCUT2D eigenvalue weighted by Crippen LogP contribution is -2.62. The zero-order chi connectivity index (χ0) is 16.4. The highest BCUT2D eigenvalue weighted by molar-refractivity contribution is 6.22. The first-order valence-corrected chi connectivity index (χ1v) is 7.20. The largest absolute Gasteiger partial charge is 0.390 e. The number of amidine groups is 1. The molecular weight excluding hydrogens is 288 g/mol. The lowest BCUT2D eigenvalue weighted by Gasteiger charge is -2.31. The molecule has 9 nitrogen and oxygen atoms in total. The van der Waals surface area contributed by atoms with Gasteiger partial charge in [0.15, 0.2) is 0 Å². The number of urea groups is 1. The highest BCUT2D eigenvalue weighted by Crippen LogP contribution is 2.18. The molecule has 22 heavy (non-hydrogen) atoms. The summed E-state index contributed by atoms with van der Waals surface area (Å²) in [6.45, 7) is 4.81. The number of carbonyl (C=O) groups excluding carboxylic acids is 3. The van der Waals surface area contributed by atoms with E-state index < -0.39 is 12.1 Å². The van der Waals surface area contributed by atoms with Gasteiger partial charge in [-0.15, -0.1) is 0 Å². The summed E-state index contributed by atoms with van der Waals surface area (Å²) in [5.74, 6) is 0.175. The van der Waals surface area contributed by atoms with Gasteiger partial charge in [-0.25, -0.2) is 9.37 Å². The molecule has 9 heteroatoms. The second-order valence-electron chi connectivity index (χ2n) is 5.05. The van der Waals surface area contributed by atoms with E-state index in [1.54, 1.807) is 11.6 Å². The average molecular weight is 309 g/mol. The van der Waals surface area contributed by atoms with Gasteiger partial charge in [-0.2, -0.15) is 0 Å². The van der Waals surface area contributed by atoms with Gasteiger partial charge in [0, 0.05) is 20.6 Å². The fourth-order valence-corrected chi connectivity index (χ4v) is 2.47. The molecule has 0 saturated carbocycles. The lowest BCUT2D eigenvalue weighted by atomic mass is 10.1. The van der Waals surface area contributed by atoms with Crippen molar-refractivity contribution in [3.05, 3.63) is 0 Å². The average Bonchev–Trinajstić information content (AvgIpc) is 2.82. The van der Waals surface area contributed by atoms with E-state index in [2.05, 4.69) is 15.6 Å². The molecule has 2 N–H and O–H groups in total. The minimum Gasteiger partial charge on any atom is -0.354 e. The van der Waals surface area contributed by atoms with Crippen molar-refractivity contribution < 1.29 is 19.0 Å². The SMILES string of the molecule is CCNC(=O)C[N+]1=C(NCC)N=C2C1C(=O)N(C)C(=O)N2C. The van der Waals surface area contributed by atoms with Crippen LogP contribution in [0.1, 0.15) is 13.8 Å². The molecular formula is C13H21N6O3+. The summed E-state index contributed by atoms with van der Waals surface area (Å²) in [4.78, 5) is 43.1. The molecule has 1 saturated heterocycles. The number of fused-ring (bicyclic) bond motifs is 1. The number of imide groups is 1. The molecule has 2 aliphatic rings. The Balaban J connectivity index is 2.37. The van der Waals surface area contributed by atoms with Gasteiger partial charge < -0.3 is 5.32 Å². The van der Waals surface area contributed by atoms with E-state index in [4.69, 9.17) is 0 Å². The standard InChI is InChI=1S/C13H20N6O3/c1-5-14-8(20)7-19-9-10(16-12(19)15-6-2)17(3)13(22)18(4)11(9)21/h9H,5-7H2,1-4H3,(H,14,20)/p+1. The van der Waals surface area contributed by atoms with E-state index in [0.717, 1.165) is 4.90 Å². The van der Waals surface area contributed by atoms with Crippen LogP contribution in [0.25, 0.3) is 0 Å². The summed E-state index contributed by atoms with van der Waals surface area (Å²) >= 11 is 0. The molecule has 4 amide bonds. The van der Waals surface area contributed by atoms with Crippen molar-refractivity contribution in [1.82, 2.24) is 20.4 Å². The molecule has 2 rings (SSSR count). The number of likely N-dealkylation sites (N-methyl/N-ethyl adjacent to an activating group) is 3. The highest BCUT2D eigenvalue weighted by atomic mass is 16.2. The third kappa shape index (κ3) is 2.53. The smallest absolute Gasteiger partial charge is 0.354 e. The second-order valence-corrected chi connectivity index (χ2v) is 5.05. The maximum absolute atomic E-state index is 12.4. The number of rotatable bonds is 4. The Hall–Kier alpha value is -2.45. The first kappa shape index (κ1) is 15.9. The molecule has 1 fully saturated rings. The fraction of sp³-hybridized carbons (Fsp3) is 0.615. The Morgan fingerprint density at radius 3 is 2.50 bits per heavy atom. The fourth-order valence-electron chi connectivity index (χ4n) is 2.47. The van der Waals surface area contributed by atoms with Crippen molar-refractivity contribution >= 4 is 29.6 Å². The molecule has 0 spiro atoms. The van der Waals surface area contributed by atoms with E-state index in [1.807, 2.05) is 13.8 Å². The maximum atomic E-state index is 12.4. The van der Waals surface area contributed by atoms with Crippen LogP contribution in [0.5, 0.6) is 0 Å². The number of amides is 4. The van der Waals surface area contributed by atoms with Crippen LogP contribution in [-0.2, 0) is 9.59 Å². The van der Waals surface area contributed by atoms with E-state index in [-0.39, 0.29) is 18.4 Å². The zero-order valence-corrected chi connectivity index (χ0v) is 13.2. The van der Waals surface area contributed by atoms with E-state index >= 15 is 0 Å². The second kappa shape index (κ2) is 6.12. The third-order valence-electron chi connectivity index (χ3n) is 3.55. The molecule has 0 bridgehead atoms. The summed E-state index contributed by atoms with van der Waals surface area (Å²) in [6.07, 6.45) is 0. The summed E-state index contributed by atoms with van der Waals surface area (Å²) in [5.41, 5.74) is 0. The maximum Gasteiger partial charge on any atom is 0.390 e. The minimum absolute atomic E-state index is 0.00451. The Labute approximate surface area is 128 Å². The van der Waals surface area contributed by atoms with Crippen molar-refractivity contribution in [3.63, 3.8) is 0 Å². The number of hydrogen-bond acceptors (Lipinski definition) is 5. The Morgan fingerprint density at radius 1 is 1.23 bits per heavy atom. The van der Waals surface area contributed by atoms with Crippen LogP contribution in [0.15, 0.2) is 4.99 Å². The van der Waals surface area contributed by atoms with Crippen LogP contribution in [0.3, 0.4) is 0 Å². The summed E-state index contributed by atoms with van der Waals surface area (Å²) in [6, 6.07) is -1.19. The monoisotopic (exact) mass is 309 g/mol. The molecule has 1 unspecified atom stereocenters. The number of guanidine groups is 1. The van der Waals surface area contributed by atoms with Gasteiger partial charge in [-0.1, -0.05) is 4.99 Å². The first-order valence-electron chi connectivity index (χ1n) is 7.20. The number of nitrogens with one attached hydrogen (secondary N) is 2. The Bertz CT molecular complexity index is 582. The van der Waals surface area contributed by atoms with Crippen molar-refractivity contribution in [3.8, 4) is 0 Å². The molecule has 0 aromatic heterocycles. The molecule has 0 aromatic rings. The molecule has 120 valence electrons. The van der Waals surface area contributed by atoms with Gasteiger partial charge in [0.25, 0.3) is 11.8 Å². The molecule has 0 aromatic carbocycles. The molecule has 1 atom stereocenters. The quantitative estimate of drug-likeness (QED) is 0.612. The van der Waals surface area contributed by atoms with E-state index in [1.165, 1.54) is 11.9 Å². The first-order chi connectivity index (χ1) is 10.4. The summed E-state index contributed by atoms with van der Waals surface area (Å²) in [5, 5.41) is 5.73. The molecule has 2 aliphatic heterocycles. The molecule has 2 heterocycles. The lowest BCUT2D eigenvalue weighted by molar-refractivity contribution is -0.526. The highest BCUT2D eigenvalue weighted by Gasteiger charge is 2.51. The Morgan fingerprint density at radius 2 is 1.91 bits per heavy atom. The van der Waals surface area contributed by atoms with Gasteiger partial charge >= 0.3 is 12.0 Å². The van der Waals surface area contributed by atoms with Gasteiger partial charge in [-0.3, -0.25) is 24.7 Å². The van der Waals surface area contributed by atoms with Gasteiger partial charge in [0.2, 0.25) is 11.9 Å². The number of hydrogen-bond donors (Lipinski definition) is 2. The number of carbonyl (C=O) groups is 3. The van der Waals surface area contributed by atoms with Crippen molar-refractivity contribution in [2.45, 2.75) is 19.9 Å².